The number of alkyl halides is 2. The molecule has 19 heavy (non-hydrogen) atoms. The van der Waals surface area contributed by atoms with Gasteiger partial charge in [-0.3, -0.25) is 0 Å². The first-order valence-corrected chi connectivity index (χ1v) is 6.84. The van der Waals surface area contributed by atoms with E-state index in [4.69, 9.17) is 0 Å². The molecule has 0 aliphatic heterocycles. The highest BCUT2D eigenvalue weighted by Crippen LogP contribution is 2.19. The van der Waals surface area contributed by atoms with Crippen molar-refractivity contribution in [1.29, 1.82) is 0 Å². The lowest BCUT2D eigenvalue weighted by Gasteiger charge is -2.20. The minimum absolute atomic E-state index is 0.0415. The number of nitrogens with one attached hydrogen (secondary N) is 1. The quantitative estimate of drug-likeness (QED) is 0.758. The van der Waals surface area contributed by atoms with Crippen LogP contribution in [-0.4, -0.2) is 17.8 Å². The van der Waals surface area contributed by atoms with Crippen LogP contribution in [0.2, 0.25) is 0 Å². The van der Waals surface area contributed by atoms with Crippen LogP contribution in [0.5, 0.6) is 0 Å². The molecule has 108 valence electrons. The summed E-state index contributed by atoms with van der Waals surface area (Å²) < 4.78 is 25.1. The fourth-order valence-electron chi connectivity index (χ4n) is 2.20. The molecule has 1 rings (SSSR count). The largest absolute Gasteiger partial charge is 0.392 e. The summed E-state index contributed by atoms with van der Waals surface area (Å²) in [7, 11) is 0. The number of hydrogen-bond donors (Lipinski definition) is 2. The number of aliphatic hydroxyl groups excluding tert-OH is 1. The summed E-state index contributed by atoms with van der Waals surface area (Å²) in [5, 5.41) is 13.1. The summed E-state index contributed by atoms with van der Waals surface area (Å²) in [5.74, 6) is 0.292. The molecule has 0 aliphatic carbocycles. The molecule has 1 aromatic carbocycles. The van der Waals surface area contributed by atoms with E-state index in [1.165, 1.54) is 12.1 Å². The molecule has 0 amide bonds. The Labute approximate surface area is 113 Å². The summed E-state index contributed by atoms with van der Waals surface area (Å²) in [6.07, 6.45) is -0.927. The van der Waals surface area contributed by atoms with Gasteiger partial charge in [0, 0.05) is 18.7 Å². The fraction of sp³-hybridized carbons (Fsp3) is 0.600. The molecular formula is C15H23F2NO. The third kappa shape index (κ3) is 5.25. The number of rotatable bonds is 8. The van der Waals surface area contributed by atoms with Crippen LogP contribution < -0.4 is 5.32 Å². The topological polar surface area (TPSA) is 32.3 Å². The van der Waals surface area contributed by atoms with E-state index in [2.05, 4.69) is 19.2 Å². The Morgan fingerprint density at radius 3 is 2.47 bits per heavy atom. The van der Waals surface area contributed by atoms with Gasteiger partial charge in [0.15, 0.2) is 0 Å². The van der Waals surface area contributed by atoms with Crippen molar-refractivity contribution in [1.82, 2.24) is 5.32 Å². The van der Waals surface area contributed by atoms with E-state index in [1.807, 2.05) is 6.07 Å². The highest BCUT2D eigenvalue weighted by Gasteiger charge is 2.14. The molecular weight excluding hydrogens is 248 g/mol. The van der Waals surface area contributed by atoms with Crippen LogP contribution in [0.3, 0.4) is 0 Å². The second-order valence-corrected chi connectivity index (χ2v) is 4.82. The molecule has 0 aromatic heterocycles. The predicted molar refractivity (Wildman–Crippen MR) is 73.2 cm³/mol. The zero-order chi connectivity index (χ0) is 14.3. The normalized spacial score (nSPS) is 13.2. The van der Waals surface area contributed by atoms with E-state index in [0.29, 0.717) is 19.0 Å². The Kier molecular flexibility index (Phi) is 6.95. The van der Waals surface area contributed by atoms with Crippen LogP contribution >= 0.6 is 0 Å². The lowest BCUT2D eigenvalue weighted by Crippen LogP contribution is -2.32. The minimum Gasteiger partial charge on any atom is -0.392 e. The molecule has 0 saturated heterocycles. The third-order valence-corrected chi connectivity index (χ3v) is 3.48. The van der Waals surface area contributed by atoms with Crippen LogP contribution in [0.15, 0.2) is 24.3 Å². The van der Waals surface area contributed by atoms with Crippen molar-refractivity contribution < 1.29 is 13.9 Å². The summed E-state index contributed by atoms with van der Waals surface area (Å²) in [4.78, 5) is 0. The highest BCUT2D eigenvalue weighted by atomic mass is 19.3. The van der Waals surface area contributed by atoms with E-state index >= 15 is 0 Å². The van der Waals surface area contributed by atoms with Crippen molar-refractivity contribution in [3.8, 4) is 0 Å². The lowest BCUT2D eigenvalue weighted by atomic mass is 9.96. The molecule has 1 unspecified atom stereocenters. The first-order chi connectivity index (χ1) is 9.08. The van der Waals surface area contributed by atoms with Crippen LogP contribution in [0.25, 0.3) is 0 Å². The second kappa shape index (κ2) is 8.23. The van der Waals surface area contributed by atoms with Crippen molar-refractivity contribution in [2.45, 2.75) is 45.8 Å². The average Bonchev–Trinajstić information content (AvgIpc) is 2.40. The Bertz CT molecular complexity index is 367. The van der Waals surface area contributed by atoms with Crippen LogP contribution in [0.4, 0.5) is 8.78 Å². The van der Waals surface area contributed by atoms with Crippen molar-refractivity contribution in [2.24, 2.45) is 5.92 Å². The molecule has 2 N–H and O–H groups in total. The van der Waals surface area contributed by atoms with E-state index < -0.39 is 6.43 Å². The summed E-state index contributed by atoms with van der Waals surface area (Å²) in [5.41, 5.74) is 0.856. The zero-order valence-electron chi connectivity index (χ0n) is 11.6. The number of benzene rings is 1. The van der Waals surface area contributed by atoms with Gasteiger partial charge in [-0.25, -0.2) is 8.78 Å². The van der Waals surface area contributed by atoms with Crippen molar-refractivity contribution >= 4 is 0 Å². The van der Waals surface area contributed by atoms with Crippen molar-refractivity contribution in [2.75, 3.05) is 6.54 Å². The first kappa shape index (κ1) is 16.1. The van der Waals surface area contributed by atoms with Gasteiger partial charge in [-0.05, 0) is 17.5 Å². The number of hydrogen-bond acceptors (Lipinski definition) is 2. The van der Waals surface area contributed by atoms with Gasteiger partial charge in [0.05, 0.1) is 6.10 Å². The van der Waals surface area contributed by atoms with Gasteiger partial charge in [0.2, 0.25) is 0 Å². The van der Waals surface area contributed by atoms with Gasteiger partial charge < -0.3 is 10.4 Å². The Balaban J connectivity index is 2.42. The third-order valence-electron chi connectivity index (χ3n) is 3.48. The molecule has 4 heteroatoms. The average molecular weight is 271 g/mol. The Morgan fingerprint density at radius 2 is 1.89 bits per heavy atom. The SMILES string of the molecule is CCC(CC)C(O)CNCc1cccc(C(F)F)c1. The van der Waals surface area contributed by atoms with Gasteiger partial charge >= 0.3 is 0 Å². The monoisotopic (exact) mass is 271 g/mol. The summed E-state index contributed by atoms with van der Waals surface area (Å²) in [6.45, 7) is 5.11. The van der Waals surface area contributed by atoms with Crippen LogP contribution in [-0.2, 0) is 6.54 Å². The summed E-state index contributed by atoms with van der Waals surface area (Å²) in [6, 6.07) is 6.37. The molecule has 1 atom stereocenters. The molecule has 1 aromatic rings. The molecule has 0 bridgehead atoms. The highest BCUT2D eigenvalue weighted by molar-refractivity contribution is 5.24. The standard InChI is InChI=1S/C15H23F2NO/c1-3-12(4-2)14(19)10-18-9-11-6-5-7-13(8-11)15(16)17/h5-8,12,14-15,18-19H,3-4,9-10H2,1-2H3. The van der Waals surface area contributed by atoms with E-state index in [0.717, 1.165) is 18.4 Å². The molecule has 2 nitrogen and oxygen atoms in total. The molecule has 0 aliphatic rings. The second-order valence-electron chi connectivity index (χ2n) is 4.82. The molecule has 0 heterocycles. The molecule has 0 saturated carbocycles. The number of halogens is 2. The van der Waals surface area contributed by atoms with Crippen LogP contribution in [0, 0.1) is 5.92 Å². The zero-order valence-corrected chi connectivity index (χ0v) is 11.6. The van der Waals surface area contributed by atoms with E-state index in [1.54, 1.807) is 6.07 Å². The van der Waals surface area contributed by atoms with Crippen molar-refractivity contribution in [3.63, 3.8) is 0 Å². The first-order valence-electron chi connectivity index (χ1n) is 6.84. The van der Waals surface area contributed by atoms with Gasteiger partial charge in [0.25, 0.3) is 6.43 Å². The van der Waals surface area contributed by atoms with Gasteiger partial charge in [0.1, 0.15) is 0 Å². The minimum atomic E-state index is -2.44. The van der Waals surface area contributed by atoms with Crippen molar-refractivity contribution in [3.05, 3.63) is 35.4 Å². The molecule has 0 radical (unpaired) electrons. The number of aliphatic hydroxyl groups is 1. The van der Waals surface area contributed by atoms with Crippen LogP contribution in [0.1, 0.15) is 44.2 Å². The predicted octanol–water partition coefficient (Wildman–Crippen LogP) is 3.51. The van der Waals surface area contributed by atoms with Gasteiger partial charge in [-0.1, -0.05) is 44.9 Å². The van der Waals surface area contributed by atoms with E-state index in [9.17, 15) is 13.9 Å². The maximum Gasteiger partial charge on any atom is 0.263 e. The lowest BCUT2D eigenvalue weighted by molar-refractivity contribution is 0.101. The smallest absolute Gasteiger partial charge is 0.263 e. The Morgan fingerprint density at radius 1 is 1.21 bits per heavy atom. The Hall–Kier alpha value is -1.00. The summed E-state index contributed by atoms with van der Waals surface area (Å²) >= 11 is 0. The maximum absolute atomic E-state index is 12.5. The molecule has 0 spiro atoms. The fourth-order valence-corrected chi connectivity index (χ4v) is 2.20. The maximum atomic E-state index is 12.5. The van der Waals surface area contributed by atoms with Gasteiger partial charge in [-0.15, -0.1) is 0 Å². The van der Waals surface area contributed by atoms with Gasteiger partial charge in [-0.2, -0.15) is 0 Å². The van der Waals surface area contributed by atoms with E-state index in [-0.39, 0.29) is 11.7 Å². The molecule has 0 fully saturated rings.